The second kappa shape index (κ2) is 15.9. The maximum absolute atomic E-state index is 8.56. The first-order chi connectivity index (χ1) is 2.73. The zero-order valence-electron chi connectivity index (χ0n) is 3.09. The molecule has 41 valence electrons. The van der Waals surface area contributed by atoms with Gasteiger partial charge in [-0.05, 0) is 0 Å². The van der Waals surface area contributed by atoms with Crippen molar-refractivity contribution in [2.75, 3.05) is 0 Å². The summed E-state index contributed by atoms with van der Waals surface area (Å²) < 4.78 is 0. The van der Waals surface area contributed by atoms with Crippen molar-refractivity contribution in [3.63, 3.8) is 0 Å². The van der Waals surface area contributed by atoms with Crippen LogP contribution in [0.25, 0.3) is 0 Å². The van der Waals surface area contributed by atoms with Crippen LogP contribution in [0.4, 0.5) is 4.79 Å². The van der Waals surface area contributed by atoms with Gasteiger partial charge in [0, 0.05) is 41.7 Å². The summed E-state index contributed by atoms with van der Waals surface area (Å²) in [4.78, 5) is 8.56. The van der Waals surface area contributed by atoms with Gasteiger partial charge in [-0.15, -0.1) is 0 Å². The molecule has 0 saturated heterocycles. The van der Waals surface area contributed by atoms with E-state index in [2.05, 4.69) is 14.3 Å². The summed E-state index contributed by atoms with van der Waals surface area (Å²) in [6, 6.07) is 0. The Morgan fingerprint density at radius 3 is 1.43 bits per heavy atom. The maximum atomic E-state index is 8.56. The molecule has 0 aromatic rings. The van der Waals surface area contributed by atoms with E-state index in [1.54, 1.807) is 32.9 Å². The molecule has 6 heteroatoms. The summed E-state index contributed by atoms with van der Waals surface area (Å²) in [6.07, 6.45) is -1.83. The molecule has 0 unspecified atom stereocenters. The Labute approximate surface area is 107 Å². The molecule has 0 aromatic heterocycles. The van der Waals surface area contributed by atoms with Crippen molar-refractivity contribution >= 4 is 20.4 Å². The van der Waals surface area contributed by atoms with Gasteiger partial charge in [0.2, 0.25) is 0 Å². The average molecular weight is 479 g/mol. The summed E-state index contributed by atoms with van der Waals surface area (Å²) in [6.45, 7) is 0. The van der Waals surface area contributed by atoms with Crippen molar-refractivity contribution in [3.8, 4) is 0 Å². The van der Waals surface area contributed by atoms with Gasteiger partial charge >= 0.3 is 53.4 Å². The molecule has 0 spiro atoms. The molecule has 0 rings (SSSR count). The molecule has 2 N–H and O–H groups in total. The quantitative estimate of drug-likeness (QED) is 0.512. The van der Waals surface area contributed by atoms with E-state index in [1.165, 1.54) is 0 Å². The van der Waals surface area contributed by atoms with E-state index in [1.807, 2.05) is 0 Å². The van der Waals surface area contributed by atoms with Crippen LogP contribution in [0.1, 0.15) is 0 Å². The summed E-state index contributed by atoms with van der Waals surface area (Å²) in [7, 11) is 0. The number of carbonyl (C=O) groups is 1. The van der Waals surface area contributed by atoms with E-state index in [-0.39, 0.29) is 41.7 Å². The molecule has 0 aliphatic carbocycles. The number of rotatable bonds is 0. The summed E-state index contributed by atoms with van der Waals surface area (Å²) in [5.41, 5.74) is 0. The minimum atomic E-state index is -1.83. The first-order valence-corrected chi connectivity index (χ1v) is 8.33. The SMILES string of the molecule is O=C(O)O.[Ce].[I][Sm]. The molecule has 3 nitrogen and oxygen atoms in total. The Kier molecular flexibility index (Phi) is 37.1. The van der Waals surface area contributed by atoms with Gasteiger partial charge in [-0.25, -0.2) is 4.79 Å². The molecule has 0 saturated carbocycles. The molecule has 0 radical (unpaired) electrons. The van der Waals surface area contributed by atoms with Crippen molar-refractivity contribution in [1.82, 2.24) is 0 Å². The fraction of sp³-hybridized carbons (Fsp3) is 0. The minimum absolute atomic E-state index is 0. The monoisotopic (exact) mass is 481 g/mol. The van der Waals surface area contributed by atoms with Gasteiger partial charge in [0.25, 0.3) is 0 Å². The van der Waals surface area contributed by atoms with Crippen molar-refractivity contribution in [2.45, 2.75) is 0 Å². The topological polar surface area (TPSA) is 57.5 Å². The van der Waals surface area contributed by atoms with E-state index < -0.39 is 6.16 Å². The van der Waals surface area contributed by atoms with Crippen LogP contribution >= 0.6 is 14.3 Å². The van der Waals surface area contributed by atoms with Crippen LogP contribution in [-0.4, -0.2) is 16.4 Å². The summed E-state index contributed by atoms with van der Waals surface area (Å²) in [5.74, 6) is 0. The van der Waals surface area contributed by atoms with Gasteiger partial charge in [0.15, 0.2) is 0 Å². The first-order valence-electron chi connectivity index (χ1n) is 0.806. The summed E-state index contributed by atoms with van der Waals surface area (Å²) in [5, 5.41) is 13.9. The summed E-state index contributed by atoms with van der Waals surface area (Å²) >= 11 is 3.79. The number of halogens is 1. The van der Waals surface area contributed by atoms with Gasteiger partial charge in [0.1, 0.15) is 0 Å². The molecule has 0 fully saturated rings. The molecule has 0 bridgehead atoms. The van der Waals surface area contributed by atoms with Gasteiger partial charge in [-0.1, -0.05) is 0 Å². The van der Waals surface area contributed by atoms with Crippen LogP contribution in [-0.2, 0) is 0 Å². The predicted molar refractivity (Wildman–Crippen MR) is 24.7 cm³/mol. The van der Waals surface area contributed by atoms with Gasteiger partial charge in [-0.2, -0.15) is 0 Å². The molecule has 0 aromatic carbocycles. The molecular weight excluding hydrogens is 477 g/mol. The predicted octanol–water partition coefficient (Wildman–Crippen LogP) is 1.11. The Morgan fingerprint density at radius 2 is 1.43 bits per heavy atom. The molecule has 0 aliphatic heterocycles. The zero-order chi connectivity index (χ0) is 5.58. The van der Waals surface area contributed by atoms with Crippen LogP contribution in [0.15, 0.2) is 0 Å². The Morgan fingerprint density at radius 1 is 1.43 bits per heavy atom. The third-order valence-electron chi connectivity index (χ3n) is 0. The van der Waals surface area contributed by atoms with E-state index in [0.29, 0.717) is 0 Å². The molecule has 0 atom stereocenters. The van der Waals surface area contributed by atoms with Crippen molar-refractivity contribution in [3.05, 3.63) is 0 Å². The van der Waals surface area contributed by atoms with Gasteiger partial charge in [-0.3, -0.25) is 0 Å². The Balaban J connectivity index is -0.0000000480. The zero-order valence-corrected chi connectivity index (χ0v) is 11.0. The van der Waals surface area contributed by atoms with Gasteiger partial charge < -0.3 is 10.2 Å². The van der Waals surface area contributed by atoms with Crippen LogP contribution in [0, 0.1) is 74.7 Å². The number of hydrogen-bond acceptors (Lipinski definition) is 1. The van der Waals surface area contributed by atoms with Crippen LogP contribution in [0.2, 0.25) is 0 Å². The van der Waals surface area contributed by atoms with E-state index >= 15 is 0 Å². The normalized spacial score (nSPS) is 4.14. The molecular formula is CH2CeIO3Sm. The van der Waals surface area contributed by atoms with Crippen molar-refractivity contribution < 1.29 is 89.7 Å². The van der Waals surface area contributed by atoms with Crippen LogP contribution in [0.3, 0.4) is 0 Å². The standard InChI is InChI=1S/CH2O3.Ce.HI.Sm/c2-1(3)4;;;/h(H2,2,3,4);;1H;/q;;;+1/p-1. The fourth-order valence-corrected chi connectivity index (χ4v) is 0. The van der Waals surface area contributed by atoms with E-state index in [0.717, 1.165) is 0 Å². The Hall–Kier alpha value is 2.71. The van der Waals surface area contributed by atoms with E-state index in [4.69, 9.17) is 15.0 Å². The van der Waals surface area contributed by atoms with Crippen molar-refractivity contribution in [1.29, 1.82) is 0 Å². The molecule has 0 heterocycles. The molecule has 0 amide bonds. The molecule has 0 aliphatic rings. The van der Waals surface area contributed by atoms with Gasteiger partial charge in [0.05, 0.1) is 0 Å². The molecule has 7 heavy (non-hydrogen) atoms. The van der Waals surface area contributed by atoms with Crippen LogP contribution in [0.5, 0.6) is 0 Å². The first kappa shape index (κ1) is 16.4. The Bertz CT molecular complexity index is 37.9. The fourth-order valence-electron chi connectivity index (χ4n) is 0. The van der Waals surface area contributed by atoms with E-state index in [9.17, 15) is 0 Å². The second-order valence-corrected chi connectivity index (χ2v) is 0.283. The third kappa shape index (κ3) is 53.3. The van der Waals surface area contributed by atoms with Crippen LogP contribution < -0.4 is 0 Å². The average Bonchev–Trinajstić information content (AvgIpc) is 1.41. The third-order valence-corrected chi connectivity index (χ3v) is 0. The second-order valence-electron chi connectivity index (χ2n) is 0.283. The number of hydrogen-bond donors (Lipinski definition) is 2. The number of carboxylic acid groups (broad SMARTS) is 2. The van der Waals surface area contributed by atoms with Crippen molar-refractivity contribution in [2.24, 2.45) is 0 Å².